The summed E-state index contributed by atoms with van der Waals surface area (Å²) in [6, 6.07) is 11.9. The van der Waals surface area contributed by atoms with E-state index in [-0.39, 0.29) is 0 Å². The van der Waals surface area contributed by atoms with Gasteiger partial charge in [-0.3, -0.25) is 0 Å². The molecule has 1 aliphatic heterocycles. The Bertz CT molecular complexity index is 822. The fourth-order valence-corrected chi connectivity index (χ4v) is 3.92. The summed E-state index contributed by atoms with van der Waals surface area (Å²) in [6.07, 6.45) is 0.753. The van der Waals surface area contributed by atoms with E-state index in [1.54, 1.807) is 23.1 Å². The Balaban J connectivity index is 1.69. The van der Waals surface area contributed by atoms with Gasteiger partial charge in [0.2, 0.25) is 5.16 Å². The lowest BCUT2D eigenvalue weighted by Gasteiger charge is -2.13. The van der Waals surface area contributed by atoms with Crippen molar-refractivity contribution in [3.63, 3.8) is 0 Å². The fourth-order valence-electron chi connectivity index (χ4n) is 2.23. The van der Waals surface area contributed by atoms with E-state index in [0.717, 1.165) is 39.5 Å². The molecule has 0 N–H and O–H groups in total. The molecule has 2 aromatic heterocycles. The number of thioether (sulfide) groups is 1. The Morgan fingerprint density at radius 2 is 2.00 bits per heavy atom. The number of hydrogen-bond acceptors (Lipinski definition) is 5. The highest BCUT2D eigenvalue weighted by Gasteiger charge is 2.20. The van der Waals surface area contributed by atoms with Gasteiger partial charge in [0.15, 0.2) is 5.82 Å². The molecule has 0 unspecified atom stereocenters. The van der Waals surface area contributed by atoms with E-state index >= 15 is 0 Å². The second kappa shape index (κ2) is 5.87. The van der Waals surface area contributed by atoms with Gasteiger partial charge in [-0.1, -0.05) is 41.6 Å². The van der Waals surface area contributed by atoms with Gasteiger partial charge in [0.25, 0.3) is 0 Å². The van der Waals surface area contributed by atoms with E-state index in [2.05, 4.69) is 21.6 Å². The summed E-state index contributed by atoms with van der Waals surface area (Å²) >= 11 is 9.33. The van der Waals surface area contributed by atoms with Crippen LogP contribution in [0.4, 0.5) is 0 Å². The molecule has 4 rings (SSSR count). The lowest BCUT2D eigenvalue weighted by molar-refractivity contribution is 0.722. The molecule has 0 saturated carbocycles. The van der Waals surface area contributed by atoms with E-state index in [1.165, 1.54) is 4.88 Å². The third-order valence-electron chi connectivity index (χ3n) is 3.33. The van der Waals surface area contributed by atoms with Crippen LogP contribution in [0.25, 0.3) is 0 Å². The quantitative estimate of drug-likeness (QED) is 0.721. The Morgan fingerprint density at radius 1 is 1.14 bits per heavy atom. The van der Waals surface area contributed by atoms with Crippen LogP contribution >= 0.6 is 34.7 Å². The van der Waals surface area contributed by atoms with Crippen LogP contribution < -0.4 is 0 Å². The number of benzene rings is 1. The average molecular weight is 347 g/mol. The van der Waals surface area contributed by atoms with E-state index in [1.807, 2.05) is 35.0 Å². The zero-order valence-electron chi connectivity index (χ0n) is 11.4. The maximum Gasteiger partial charge on any atom is 0.212 e. The average Bonchev–Trinajstić information content (AvgIpc) is 3.18. The third-order valence-corrected chi connectivity index (χ3v) is 5.38. The van der Waals surface area contributed by atoms with Gasteiger partial charge in [0.05, 0.1) is 5.71 Å². The Morgan fingerprint density at radius 3 is 2.77 bits per heavy atom. The molecule has 0 atom stereocenters. The zero-order valence-corrected chi connectivity index (χ0v) is 13.8. The maximum atomic E-state index is 5.95. The van der Waals surface area contributed by atoms with Crippen LogP contribution in [0, 0.1) is 0 Å². The Kier molecular flexibility index (Phi) is 3.73. The predicted octanol–water partition coefficient (Wildman–Crippen LogP) is 3.94. The smallest absolute Gasteiger partial charge is 0.191 e. The van der Waals surface area contributed by atoms with Crippen molar-refractivity contribution in [3.8, 4) is 0 Å². The summed E-state index contributed by atoms with van der Waals surface area (Å²) in [5.74, 6) is 1.66. The normalized spacial score (nSPS) is 13.8. The number of hydrogen-bond donors (Lipinski definition) is 0. The summed E-state index contributed by atoms with van der Waals surface area (Å²) < 4.78 is 1.86. The van der Waals surface area contributed by atoms with Crippen LogP contribution in [0.2, 0.25) is 5.02 Å². The van der Waals surface area contributed by atoms with E-state index in [4.69, 9.17) is 16.7 Å². The molecule has 1 aromatic carbocycles. The molecule has 0 saturated heterocycles. The first-order chi connectivity index (χ1) is 10.8. The zero-order chi connectivity index (χ0) is 14.9. The minimum Gasteiger partial charge on any atom is -0.191 e. The third kappa shape index (κ3) is 2.69. The molecule has 0 spiro atoms. The van der Waals surface area contributed by atoms with Crippen molar-refractivity contribution in [2.75, 3.05) is 5.75 Å². The van der Waals surface area contributed by atoms with Crippen molar-refractivity contribution in [2.45, 2.75) is 11.6 Å². The lowest BCUT2D eigenvalue weighted by Crippen LogP contribution is -2.14. The lowest BCUT2D eigenvalue weighted by atomic mass is 10.1. The highest BCUT2D eigenvalue weighted by Crippen LogP contribution is 2.26. The van der Waals surface area contributed by atoms with Crippen LogP contribution in [0.1, 0.15) is 16.3 Å². The second-order valence-electron chi connectivity index (χ2n) is 4.81. The van der Waals surface area contributed by atoms with Gasteiger partial charge in [-0.15, -0.1) is 21.5 Å². The highest BCUT2D eigenvalue weighted by molar-refractivity contribution is 7.99. The number of fused-ring (bicyclic) bond motifs is 1. The SMILES string of the molecule is Clc1ccc(C2=Nn3c(Cc4cccs4)nnc3SC2)cc1. The Labute approximate surface area is 140 Å². The first-order valence-electron chi connectivity index (χ1n) is 6.73. The molecular weight excluding hydrogens is 336 g/mol. The highest BCUT2D eigenvalue weighted by atomic mass is 35.5. The van der Waals surface area contributed by atoms with Crippen LogP contribution in [0.15, 0.2) is 52.0 Å². The molecule has 0 amide bonds. The van der Waals surface area contributed by atoms with Gasteiger partial charge in [-0.25, -0.2) is 0 Å². The van der Waals surface area contributed by atoms with Gasteiger partial charge in [-0.05, 0) is 29.1 Å². The summed E-state index contributed by atoms with van der Waals surface area (Å²) in [6.45, 7) is 0. The van der Waals surface area contributed by atoms with Crippen molar-refractivity contribution in [1.82, 2.24) is 14.9 Å². The molecule has 7 heteroatoms. The fraction of sp³-hybridized carbons (Fsp3) is 0.133. The standard InChI is InChI=1S/C15H11ClN4S2/c16-11-5-3-10(4-6-11)13-9-22-15-18-17-14(20(15)19-13)8-12-2-1-7-21-12/h1-7H,8-9H2. The summed E-state index contributed by atoms with van der Waals surface area (Å²) in [5, 5.41) is 16.9. The van der Waals surface area contributed by atoms with Gasteiger partial charge in [-0.2, -0.15) is 9.78 Å². The molecule has 110 valence electrons. The van der Waals surface area contributed by atoms with Gasteiger partial charge in [0.1, 0.15) is 0 Å². The predicted molar refractivity (Wildman–Crippen MR) is 91.3 cm³/mol. The monoisotopic (exact) mass is 346 g/mol. The first kappa shape index (κ1) is 14.0. The van der Waals surface area contributed by atoms with Crippen molar-refractivity contribution in [1.29, 1.82) is 0 Å². The molecular formula is C15H11ClN4S2. The van der Waals surface area contributed by atoms with Gasteiger partial charge >= 0.3 is 0 Å². The summed E-state index contributed by atoms with van der Waals surface area (Å²) in [7, 11) is 0. The van der Waals surface area contributed by atoms with Crippen LogP contribution in [-0.4, -0.2) is 26.3 Å². The molecule has 0 fully saturated rings. The first-order valence-corrected chi connectivity index (χ1v) is 8.97. The minimum absolute atomic E-state index is 0.733. The largest absolute Gasteiger partial charge is 0.212 e. The molecule has 3 aromatic rings. The Hall–Kier alpha value is -1.63. The molecule has 4 nitrogen and oxygen atoms in total. The number of nitrogens with zero attached hydrogens (tertiary/aromatic N) is 4. The molecule has 0 radical (unpaired) electrons. The molecule has 3 heterocycles. The molecule has 22 heavy (non-hydrogen) atoms. The van der Waals surface area contributed by atoms with E-state index < -0.39 is 0 Å². The second-order valence-corrected chi connectivity index (χ2v) is 7.22. The van der Waals surface area contributed by atoms with Crippen molar-refractivity contribution in [2.24, 2.45) is 5.10 Å². The summed E-state index contributed by atoms with van der Waals surface area (Å²) in [4.78, 5) is 1.26. The van der Waals surface area contributed by atoms with Crippen LogP contribution in [-0.2, 0) is 6.42 Å². The van der Waals surface area contributed by atoms with Crippen molar-refractivity contribution in [3.05, 3.63) is 63.1 Å². The number of halogens is 1. The van der Waals surface area contributed by atoms with Crippen LogP contribution in [0.5, 0.6) is 0 Å². The maximum absolute atomic E-state index is 5.95. The number of thiophene rings is 1. The number of aromatic nitrogens is 3. The number of rotatable bonds is 3. The molecule has 0 aliphatic carbocycles. The summed E-state index contributed by atoms with van der Waals surface area (Å²) in [5.41, 5.74) is 2.10. The van der Waals surface area contributed by atoms with Gasteiger partial charge < -0.3 is 0 Å². The van der Waals surface area contributed by atoms with Crippen molar-refractivity contribution < 1.29 is 0 Å². The van der Waals surface area contributed by atoms with E-state index in [9.17, 15) is 0 Å². The topological polar surface area (TPSA) is 43.1 Å². The molecule has 1 aliphatic rings. The minimum atomic E-state index is 0.733. The van der Waals surface area contributed by atoms with Gasteiger partial charge in [0, 0.05) is 22.1 Å². The van der Waals surface area contributed by atoms with E-state index in [0.29, 0.717) is 0 Å². The van der Waals surface area contributed by atoms with Crippen LogP contribution in [0.3, 0.4) is 0 Å². The van der Waals surface area contributed by atoms with Crippen molar-refractivity contribution >= 4 is 40.4 Å². The molecule has 0 bridgehead atoms.